The third-order valence-electron chi connectivity index (χ3n) is 3.85. The zero-order chi connectivity index (χ0) is 18.2. The summed E-state index contributed by atoms with van der Waals surface area (Å²) in [7, 11) is -1.57. The Hall–Kier alpha value is -2.35. The van der Waals surface area contributed by atoms with Crippen molar-refractivity contribution in [3.8, 4) is 11.5 Å². The maximum atomic E-state index is 6.05. The van der Waals surface area contributed by atoms with E-state index in [2.05, 4.69) is 32.0 Å². The fourth-order valence-corrected chi connectivity index (χ4v) is 3.53. The normalized spacial score (nSPS) is 10.9. The molecule has 0 heterocycles. The Labute approximate surface area is 156 Å². The largest absolute Gasteiger partial charge is 0.463 e. The summed E-state index contributed by atoms with van der Waals surface area (Å²) >= 11 is 0. The molecule has 3 rings (SSSR count). The third-order valence-corrected chi connectivity index (χ3v) is 4.91. The fourth-order valence-electron chi connectivity index (χ4n) is 2.56. The number of hydrogen-bond acceptors (Lipinski definition) is 3. The molecule has 0 bridgehead atoms. The highest BCUT2D eigenvalue weighted by Crippen LogP contribution is 2.42. The van der Waals surface area contributed by atoms with Crippen LogP contribution in [-0.2, 0) is 11.1 Å². The van der Waals surface area contributed by atoms with Gasteiger partial charge in [0.2, 0.25) is 0 Å². The van der Waals surface area contributed by atoms with Crippen molar-refractivity contribution in [1.29, 1.82) is 0 Å². The molecule has 3 aromatic carbocycles. The molecule has 0 saturated heterocycles. The average Bonchev–Trinajstić information content (AvgIpc) is 2.68. The Balaban J connectivity index is 1.73. The molecule has 4 heteroatoms. The lowest BCUT2D eigenvalue weighted by Gasteiger charge is -2.19. The monoisotopic (exact) mass is 366 g/mol. The summed E-state index contributed by atoms with van der Waals surface area (Å²) in [6, 6.07) is 27.5. The highest BCUT2D eigenvalue weighted by Gasteiger charge is 2.18. The van der Waals surface area contributed by atoms with E-state index in [9.17, 15) is 0 Å². The van der Waals surface area contributed by atoms with Crippen LogP contribution in [0.2, 0.25) is 0 Å². The van der Waals surface area contributed by atoms with Crippen LogP contribution in [0.5, 0.6) is 11.5 Å². The molecule has 0 saturated carbocycles. The van der Waals surface area contributed by atoms with E-state index in [4.69, 9.17) is 13.6 Å². The minimum absolute atomic E-state index is 0.436. The molecule has 0 fully saturated rings. The van der Waals surface area contributed by atoms with Gasteiger partial charge < -0.3 is 9.05 Å². The van der Waals surface area contributed by atoms with Crippen molar-refractivity contribution in [2.75, 3.05) is 0 Å². The summed E-state index contributed by atoms with van der Waals surface area (Å²) in [6.07, 6.45) is 0. The van der Waals surface area contributed by atoms with Crippen molar-refractivity contribution in [1.82, 2.24) is 0 Å². The van der Waals surface area contributed by atoms with Gasteiger partial charge in [0.25, 0.3) is 0 Å². The quantitative estimate of drug-likeness (QED) is 0.415. The van der Waals surface area contributed by atoms with E-state index in [1.807, 2.05) is 66.7 Å². The molecular weight excluding hydrogens is 343 g/mol. The minimum atomic E-state index is -1.57. The van der Waals surface area contributed by atoms with Crippen LogP contribution >= 0.6 is 8.60 Å². The molecule has 0 aromatic heterocycles. The van der Waals surface area contributed by atoms with Crippen LogP contribution in [0.15, 0.2) is 84.9 Å². The maximum absolute atomic E-state index is 6.05. The average molecular weight is 366 g/mol. The summed E-state index contributed by atoms with van der Waals surface area (Å²) in [6.45, 7) is 4.81. The van der Waals surface area contributed by atoms with E-state index >= 15 is 0 Å². The first-order chi connectivity index (χ1) is 12.7. The van der Waals surface area contributed by atoms with Crippen molar-refractivity contribution in [3.63, 3.8) is 0 Å². The highest BCUT2D eigenvalue weighted by atomic mass is 31.2. The van der Waals surface area contributed by atoms with Crippen LogP contribution in [0.1, 0.15) is 30.9 Å². The first-order valence-electron chi connectivity index (χ1n) is 8.69. The third kappa shape index (κ3) is 5.32. The smallest absolute Gasteiger partial charge is 0.418 e. The molecule has 3 nitrogen and oxygen atoms in total. The number of hydrogen-bond donors (Lipinski definition) is 0. The van der Waals surface area contributed by atoms with Gasteiger partial charge in [0.05, 0.1) is 6.61 Å². The van der Waals surface area contributed by atoms with Crippen LogP contribution in [0.4, 0.5) is 0 Å². The van der Waals surface area contributed by atoms with E-state index in [0.717, 1.165) is 17.1 Å². The molecule has 134 valence electrons. The van der Waals surface area contributed by atoms with Gasteiger partial charge in [0.15, 0.2) is 0 Å². The first-order valence-corrected chi connectivity index (χ1v) is 9.79. The molecule has 0 atom stereocenters. The first kappa shape index (κ1) is 18.4. The van der Waals surface area contributed by atoms with Crippen LogP contribution in [0.3, 0.4) is 0 Å². The second kappa shape index (κ2) is 9.38. The van der Waals surface area contributed by atoms with Crippen LogP contribution in [0, 0.1) is 0 Å². The SMILES string of the molecule is CC(C)c1ccccc1COP(Oc1ccccc1)Oc1ccccc1. The molecule has 0 aliphatic carbocycles. The van der Waals surface area contributed by atoms with Crippen molar-refractivity contribution < 1.29 is 13.6 Å². The molecule has 0 spiro atoms. The van der Waals surface area contributed by atoms with E-state index < -0.39 is 8.60 Å². The van der Waals surface area contributed by atoms with E-state index in [-0.39, 0.29) is 0 Å². The van der Waals surface area contributed by atoms with Gasteiger partial charge in [-0.1, -0.05) is 74.5 Å². The Bertz CT molecular complexity index is 749. The van der Waals surface area contributed by atoms with Gasteiger partial charge in [0, 0.05) is 0 Å². The molecule has 0 radical (unpaired) electrons. The van der Waals surface area contributed by atoms with Crippen molar-refractivity contribution in [3.05, 3.63) is 96.1 Å². The summed E-state index contributed by atoms with van der Waals surface area (Å²) in [5, 5.41) is 0. The van der Waals surface area contributed by atoms with Gasteiger partial charge in [-0.2, -0.15) is 0 Å². The Kier molecular flexibility index (Phi) is 6.65. The summed E-state index contributed by atoms with van der Waals surface area (Å²) < 4.78 is 18.0. The molecule has 0 amide bonds. The van der Waals surface area contributed by atoms with Gasteiger partial charge in [-0.3, -0.25) is 4.52 Å². The maximum Gasteiger partial charge on any atom is 0.463 e. The molecule has 0 unspecified atom stereocenters. The number of benzene rings is 3. The Morgan fingerprint density at radius 2 is 1.19 bits per heavy atom. The van der Waals surface area contributed by atoms with Crippen molar-refractivity contribution >= 4 is 8.60 Å². The van der Waals surface area contributed by atoms with E-state index in [1.165, 1.54) is 5.56 Å². The molecule has 3 aromatic rings. The topological polar surface area (TPSA) is 27.7 Å². The van der Waals surface area contributed by atoms with Gasteiger partial charge in [-0.15, -0.1) is 0 Å². The molecule has 0 aliphatic heterocycles. The minimum Gasteiger partial charge on any atom is -0.418 e. The second-order valence-corrected chi connectivity index (χ2v) is 7.23. The lowest BCUT2D eigenvalue weighted by Crippen LogP contribution is -2.03. The Morgan fingerprint density at radius 3 is 1.73 bits per heavy atom. The Morgan fingerprint density at radius 1 is 0.692 bits per heavy atom. The molecular formula is C22H23O3P. The van der Waals surface area contributed by atoms with Crippen LogP contribution in [-0.4, -0.2) is 0 Å². The van der Waals surface area contributed by atoms with Gasteiger partial charge in [-0.05, 0) is 41.3 Å². The van der Waals surface area contributed by atoms with Crippen molar-refractivity contribution in [2.24, 2.45) is 0 Å². The predicted molar refractivity (Wildman–Crippen MR) is 106 cm³/mol. The van der Waals surface area contributed by atoms with Crippen LogP contribution < -0.4 is 9.05 Å². The summed E-state index contributed by atoms with van der Waals surface area (Å²) in [5.41, 5.74) is 2.44. The molecule has 0 aliphatic rings. The second-order valence-electron chi connectivity index (χ2n) is 6.16. The van der Waals surface area contributed by atoms with Gasteiger partial charge >= 0.3 is 8.60 Å². The zero-order valence-electron chi connectivity index (χ0n) is 15.0. The van der Waals surface area contributed by atoms with Gasteiger partial charge in [0.1, 0.15) is 11.5 Å². The zero-order valence-corrected chi connectivity index (χ0v) is 15.9. The van der Waals surface area contributed by atoms with E-state index in [1.54, 1.807) is 0 Å². The predicted octanol–water partition coefficient (Wildman–Crippen LogP) is 6.71. The molecule has 0 N–H and O–H groups in total. The lowest BCUT2D eigenvalue weighted by atomic mass is 9.98. The van der Waals surface area contributed by atoms with Gasteiger partial charge in [-0.25, -0.2) is 0 Å². The summed E-state index contributed by atoms with van der Waals surface area (Å²) in [5.74, 6) is 1.89. The molecule has 26 heavy (non-hydrogen) atoms. The number of rotatable bonds is 8. The van der Waals surface area contributed by atoms with Crippen LogP contribution in [0.25, 0.3) is 0 Å². The number of para-hydroxylation sites is 2. The lowest BCUT2D eigenvalue weighted by molar-refractivity contribution is 0.255. The van der Waals surface area contributed by atoms with E-state index in [0.29, 0.717) is 12.5 Å². The standard InChI is InChI=1S/C22H23O3P/c1-18(2)22-16-10-9-11-19(22)17-23-26(24-20-12-5-3-6-13-20)25-21-14-7-4-8-15-21/h3-16,18H,17H2,1-2H3. The summed E-state index contributed by atoms with van der Waals surface area (Å²) in [4.78, 5) is 0. The van der Waals surface area contributed by atoms with Crippen molar-refractivity contribution in [2.45, 2.75) is 26.4 Å². The fraction of sp³-hybridized carbons (Fsp3) is 0.182. The highest BCUT2D eigenvalue weighted by molar-refractivity contribution is 7.42.